The predicted octanol–water partition coefficient (Wildman–Crippen LogP) is -0.607. The lowest BCUT2D eigenvalue weighted by Crippen LogP contribution is -2.59. The molecule has 2 rings (SSSR count). The Morgan fingerprint density at radius 2 is 1.88 bits per heavy atom. The molecule has 0 amide bonds. The molecule has 8 heteroatoms. The summed E-state index contributed by atoms with van der Waals surface area (Å²) >= 11 is 0. The summed E-state index contributed by atoms with van der Waals surface area (Å²) in [5, 5.41) is 48.3. The Morgan fingerprint density at radius 1 is 1.25 bits per heavy atom. The van der Waals surface area contributed by atoms with Gasteiger partial charge in [0, 0.05) is 5.57 Å². The van der Waals surface area contributed by atoms with E-state index < -0.39 is 54.8 Å². The zero-order valence-corrected chi connectivity index (χ0v) is 14.0. The van der Waals surface area contributed by atoms with E-state index in [9.17, 15) is 30.3 Å². The molecule has 2 aliphatic rings. The van der Waals surface area contributed by atoms with Gasteiger partial charge in [0.1, 0.15) is 24.4 Å². The minimum Gasteiger partial charge on any atom is -0.478 e. The largest absolute Gasteiger partial charge is 0.478 e. The number of rotatable bonds is 4. The molecular weight excluding hydrogens is 320 g/mol. The molecule has 0 bridgehead atoms. The van der Waals surface area contributed by atoms with Crippen molar-refractivity contribution >= 4 is 5.97 Å². The van der Waals surface area contributed by atoms with E-state index in [1.54, 1.807) is 6.92 Å². The number of carboxylic acid groups (broad SMARTS) is 1. The van der Waals surface area contributed by atoms with Gasteiger partial charge in [0.25, 0.3) is 0 Å². The number of ether oxygens (including phenoxy) is 2. The molecule has 8 nitrogen and oxygen atoms in total. The van der Waals surface area contributed by atoms with Crippen LogP contribution in [0.3, 0.4) is 0 Å². The average Bonchev–Trinajstić information content (AvgIpc) is 2.49. The molecule has 1 aliphatic carbocycles. The van der Waals surface area contributed by atoms with Crippen molar-refractivity contribution in [3.63, 3.8) is 0 Å². The topological polar surface area (TPSA) is 137 Å². The maximum atomic E-state index is 11.6. The van der Waals surface area contributed by atoms with Crippen LogP contribution in [0.2, 0.25) is 0 Å². The number of aliphatic hydroxyl groups is 4. The van der Waals surface area contributed by atoms with Crippen LogP contribution in [-0.4, -0.2) is 74.9 Å². The van der Waals surface area contributed by atoms with Crippen molar-refractivity contribution in [2.75, 3.05) is 6.61 Å². The van der Waals surface area contributed by atoms with Gasteiger partial charge in [-0.25, -0.2) is 4.79 Å². The van der Waals surface area contributed by atoms with Gasteiger partial charge in [-0.05, 0) is 30.8 Å². The minimum absolute atomic E-state index is 0.267. The van der Waals surface area contributed by atoms with Crippen molar-refractivity contribution in [3.05, 3.63) is 11.1 Å². The fourth-order valence-corrected chi connectivity index (χ4v) is 3.50. The number of carboxylic acids is 1. The lowest BCUT2D eigenvalue weighted by molar-refractivity contribution is -0.309. The molecule has 0 spiro atoms. The van der Waals surface area contributed by atoms with E-state index in [4.69, 9.17) is 9.47 Å². The van der Waals surface area contributed by atoms with Gasteiger partial charge in [-0.2, -0.15) is 0 Å². The van der Waals surface area contributed by atoms with Crippen LogP contribution in [0, 0.1) is 5.41 Å². The first-order valence-corrected chi connectivity index (χ1v) is 8.00. The fraction of sp³-hybridized carbons (Fsp3) is 0.812. The maximum Gasteiger partial charge on any atom is 0.332 e. The lowest BCUT2D eigenvalue weighted by Gasteiger charge is -2.43. The van der Waals surface area contributed by atoms with Gasteiger partial charge in [-0.15, -0.1) is 0 Å². The van der Waals surface area contributed by atoms with E-state index in [-0.39, 0.29) is 5.57 Å². The Bertz CT molecular complexity index is 512. The van der Waals surface area contributed by atoms with Crippen molar-refractivity contribution in [1.29, 1.82) is 0 Å². The Balaban J connectivity index is 2.21. The molecular formula is C16H26O8. The first-order valence-electron chi connectivity index (χ1n) is 8.00. The van der Waals surface area contributed by atoms with Crippen LogP contribution in [0.1, 0.15) is 33.6 Å². The number of carbonyl (C=O) groups is 1. The van der Waals surface area contributed by atoms with Gasteiger partial charge in [0.15, 0.2) is 6.29 Å². The Labute approximate surface area is 140 Å². The highest BCUT2D eigenvalue weighted by Gasteiger charge is 2.46. The van der Waals surface area contributed by atoms with Gasteiger partial charge in [-0.3, -0.25) is 0 Å². The van der Waals surface area contributed by atoms with Gasteiger partial charge in [0.05, 0.1) is 12.7 Å². The van der Waals surface area contributed by atoms with Gasteiger partial charge >= 0.3 is 5.97 Å². The normalized spacial score (nSPS) is 39.8. The minimum atomic E-state index is -1.52. The van der Waals surface area contributed by atoms with E-state index in [1.165, 1.54) is 0 Å². The number of hydrogen-bond acceptors (Lipinski definition) is 7. The number of aliphatic hydroxyl groups excluding tert-OH is 4. The molecule has 24 heavy (non-hydrogen) atoms. The highest BCUT2D eigenvalue weighted by atomic mass is 16.7. The molecule has 1 unspecified atom stereocenters. The third kappa shape index (κ3) is 3.49. The molecule has 1 fully saturated rings. The molecule has 1 aliphatic heterocycles. The molecule has 0 aromatic rings. The maximum absolute atomic E-state index is 11.6. The van der Waals surface area contributed by atoms with Gasteiger partial charge in [0.2, 0.25) is 0 Å². The van der Waals surface area contributed by atoms with Crippen LogP contribution in [-0.2, 0) is 14.3 Å². The Morgan fingerprint density at radius 3 is 2.42 bits per heavy atom. The van der Waals surface area contributed by atoms with Crippen molar-refractivity contribution in [2.24, 2.45) is 5.41 Å². The SMILES string of the molecule is CC1=C(C(=O)O)C(C)(C)CCC1O[C@@H]1O[C@H](CO)[C@@H](O)[C@H](O)[C@H]1O. The van der Waals surface area contributed by atoms with Crippen LogP contribution in [0.5, 0.6) is 0 Å². The van der Waals surface area contributed by atoms with Crippen LogP contribution < -0.4 is 0 Å². The van der Waals surface area contributed by atoms with E-state index in [2.05, 4.69) is 0 Å². The predicted molar refractivity (Wildman–Crippen MR) is 82.0 cm³/mol. The molecule has 1 heterocycles. The van der Waals surface area contributed by atoms with Gasteiger partial charge < -0.3 is 35.0 Å². The standard InChI is InChI=1S/C16H26O8/c1-7-8(4-5-16(2,3)10(7)14(21)22)23-15-13(20)12(19)11(18)9(6-17)24-15/h8-9,11-13,15,17-20H,4-6H2,1-3H3,(H,21,22)/t8?,9-,11-,12+,13-,15-/m1/s1. The quantitative estimate of drug-likeness (QED) is 0.455. The molecule has 0 aromatic heterocycles. The lowest BCUT2D eigenvalue weighted by atomic mass is 9.71. The van der Waals surface area contributed by atoms with Crippen LogP contribution in [0.15, 0.2) is 11.1 Å². The summed E-state index contributed by atoms with van der Waals surface area (Å²) in [5.74, 6) is -1.01. The van der Waals surface area contributed by atoms with Crippen molar-refractivity contribution in [2.45, 2.75) is 70.4 Å². The molecule has 0 saturated carbocycles. The molecule has 138 valence electrons. The van der Waals surface area contributed by atoms with Crippen molar-refractivity contribution in [3.8, 4) is 0 Å². The van der Waals surface area contributed by atoms with Crippen molar-refractivity contribution < 1.29 is 39.8 Å². The third-order valence-corrected chi connectivity index (χ3v) is 4.95. The van der Waals surface area contributed by atoms with Crippen LogP contribution in [0.25, 0.3) is 0 Å². The second kappa shape index (κ2) is 7.07. The third-order valence-electron chi connectivity index (χ3n) is 4.95. The molecule has 0 aromatic carbocycles. The summed E-state index contributed by atoms with van der Waals surface area (Å²) in [5.41, 5.74) is 0.310. The summed E-state index contributed by atoms with van der Waals surface area (Å²) in [6.45, 7) is 4.82. The van der Waals surface area contributed by atoms with E-state index in [1.807, 2.05) is 13.8 Å². The molecule has 0 radical (unpaired) electrons. The highest BCUT2D eigenvalue weighted by Crippen LogP contribution is 2.42. The fourth-order valence-electron chi connectivity index (χ4n) is 3.50. The summed E-state index contributed by atoms with van der Waals surface area (Å²) in [6.07, 6.45) is -6.29. The molecule has 5 N–H and O–H groups in total. The second-order valence-corrected chi connectivity index (χ2v) is 7.11. The molecule has 1 saturated heterocycles. The Kier molecular flexibility index (Phi) is 5.68. The molecule has 6 atom stereocenters. The summed E-state index contributed by atoms with van der Waals surface area (Å²) < 4.78 is 11.0. The summed E-state index contributed by atoms with van der Waals surface area (Å²) in [4.78, 5) is 11.6. The first-order chi connectivity index (χ1) is 11.1. The van der Waals surface area contributed by atoms with Crippen LogP contribution >= 0.6 is 0 Å². The Hall–Kier alpha value is -1.03. The summed E-state index contributed by atoms with van der Waals surface area (Å²) in [7, 11) is 0. The second-order valence-electron chi connectivity index (χ2n) is 7.11. The monoisotopic (exact) mass is 346 g/mol. The average molecular weight is 346 g/mol. The first kappa shape index (κ1) is 19.3. The van der Waals surface area contributed by atoms with Crippen molar-refractivity contribution in [1.82, 2.24) is 0 Å². The highest BCUT2D eigenvalue weighted by molar-refractivity contribution is 5.89. The smallest absolute Gasteiger partial charge is 0.332 e. The number of aliphatic carboxylic acids is 1. The zero-order valence-electron chi connectivity index (χ0n) is 14.0. The van der Waals surface area contributed by atoms with E-state index in [0.717, 1.165) is 0 Å². The summed E-state index contributed by atoms with van der Waals surface area (Å²) in [6, 6.07) is 0. The van der Waals surface area contributed by atoms with Crippen LogP contribution in [0.4, 0.5) is 0 Å². The van der Waals surface area contributed by atoms with E-state index >= 15 is 0 Å². The number of hydrogen-bond donors (Lipinski definition) is 5. The zero-order chi connectivity index (χ0) is 18.2. The van der Waals surface area contributed by atoms with E-state index in [0.29, 0.717) is 18.4 Å². The van der Waals surface area contributed by atoms with Gasteiger partial charge in [-0.1, -0.05) is 13.8 Å².